The Morgan fingerprint density at radius 1 is 0.325 bits per heavy atom. The van der Waals surface area contributed by atoms with Gasteiger partial charge in [-0.3, -0.25) is 38.8 Å². The number of hydrogen-bond acceptors (Lipinski definition) is 14. The normalized spacial score (nSPS) is 14.2. The number of carbonyl (C=O) groups excluding carboxylic acids is 7. The quantitative estimate of drug-likeness (QED) is 0.0726. The topological polar surface area (TPSA) is 241 Å². The fraction of sp³-hybridized carbons (Fsp3) is 0.879. The van der Waals surface area contributed by atoms with E-state index in [1.54, 1.807) is 19.6 Å². The number of unbranched alkanes of at least 4 members (excludes halogenated alkanes) is 30. The van der Waals surface area contributed by atoms with Gasteiger partial charge in [0.1, 0.15) is 0 Å². The number of rotatable bonds is 48. The van der Waals surface area contributed by atoms with Crippen LogP contribution in [0, 0.1) is 39.9 Å². The number of aliphatic carboxylic acids is 3. The number of hydrogen-bond donors (Lipinski definition) is 3. The summed E-state index contributed by atoms with van der Waals surface area (Å²) in [7, 11) is 0. The van der Waals surface area contributed by atoms with Crippen molar-refractivity contribution in [1.82, 2.24) is 40.4 Å². The van der Waals surface area contributed by atoms with Crippen LogP contribution in [0.1, 0.15) is 219 Å². The predicted molar refractivity (Wildman–Crippen MR) is 295 cm³/mol. The maximum absolute atomic E-state index is 13.5. The van der Waals surface area contributed by atoms with Gasteiger partial charge in [0.15, 0.2) is 0 Å². The van der Waals surface area contributed by atoms with E-state index in [0.717, 1.165) is 38.5 Å². The molecule has 1 heterocycles. The van der Waals surface area contributed by atoms with Gasteiger partial charge in [0, 0.05) is 85.1 Å². The maximum atomic E-state index is 13.5. The van der Waals surface area contributed by atoms with Crippen LogP contribution in [0.25, 0.3) is 0 Å². The van der Waals surface area contributed by atoms with Crippen molar-refractivity contribution in [1.29, 1.82) is 0 Å². The van der Waals surface area contributed by atoms with Gasteiger partial charge >= 0.3 is 39.9 Å². The van der Waals surface area contributed by atoms with E-state index in [2.05, 4.69) is 29.8 Å². The fourth-order valence-corrected chi connectivity index (χ4v) is 9.85. The number of carbonyl (C=O) groups is 7. The van der Waals surface area contributed by atoms with Crippen molar-refractivity contribution >= 4 is 41.5 Å². The van der Waals surface area contributed by atoms with Crippen LogP contribution in [0.3, 0.4) is 0 Å². The SMILES string of the molecule is CCCCCCCCCCCCCCCCCCN(CCCCCCCCCCCCCCCCCC)C(=O)CNC(=O)CNC(=O)CNC(=O)CN1CCN(CC(=O)[O-])CCN(CC(=O)[O-])CCN(CC(=O)[O-])CC1.[Gd+3]. The molecule has 3 N–H and O–H groups in total. The van der Waals surface area contributed by atoms with Crippen molar-refractivity contribution in [2.45, 2.75) is 219 Å². The van der Waals surface area contributed by atoms with Crippen LogP contribution in [-0.2, 0) is 33.6 Å². The minimum atomic E-state index is -1.32. The molecule has 0 aromatic rings. The van der Waals surface area contributed by atoms with E-state index in [0.29, 0.717) is 13.1 Å². The number of nitrogens with zero attached hydrogens (tertiary/aromatic N) is 5. The summed E-state index contributed by atoms with van der Waals surface area (Å²) < 4.78 is 0. The van der Waals surface area contributed by atoms with Crippen LogP contribution in [-0.4, -0.2) is 177 Å². The first-order chi connectivity index (χ1) is 36.8. The van der Waals surface area contributed by atoms with E-state index in [1.165, 1.54) is 167 Å². The zero-order valence-electron chi connectivity index (χ0n) is 48.3. The minimum absolute atomic E-state index is 0. The Morgan fingerprint density at radius 3 is 0.805 bits per heavy atom. The van der Waals surface area contributed by atoms with Gasteiger partial charge in [-0.25, -0.2) is 0 Å². The molecule has 1 fully saturated rings. The third kappa shape index (κ3) is 47.9. The van der Waals surface area contributed by atoms with E-state index in [1.807, 2.05) is 4.90 Å². The summed E-state index contributed by atoms with van der Waals surface area (Å²) in [4.78, 5) is 94.6. The third-order valence-electron chi connectivity index (χ3n) is 14.6. The average molecular weight is 1230 g/mol. The van der Waals surface area contributed by atoms with Crippen molar-refractivity contribution in [2.24, 2.45) is 0 Å². The Morgan fingerprint density at radius 2 is 0.545 bits per heavy atom. The molecule has 0 spiro atoms. The molecule has 19 heteroatoms. The molecule has 4 amide bonds. The largest absolute Gasteiger partial charge is 3.00 e. The molecule has 18 nitrogen and oxygen atoms in total. The first-order valence-corrected chi connectivity index (χ1v) is 30.4. The van der Waals surface area contributed by atoms with Gasteiger partial charge in [0.25, 0.3) is 0 Å². The molecule has 0 bridgehead atoms. The van der Waals surface area contributed by atoms with Crippen molar-refractivity contribution < 1.29 is 88.8 Å². The van der Waals surface area contributed by atoms with Gasteiger partial charge in [-0.2, -0.15) is 0 Å². The van der Waals surface area contributed by atoms with Crippen LogP contribution in [0.2, 0.25) is 0 Å². The number of carboxylic acid groups (broad SMARTS) is 3. The molecular formula is C58H107GdN8O10. The summed E-state index contributed by atoms with van der Waals surface area (Å²) in [6.45, 7) is 4.83. The first kappa shape index (κ1) is 74.5. The van der Waals surface area contributed by atoms with Crippen molar-refractivity contribution in [3.63, 3.8) is 0 Å². The molecule has 77 heavy (non-hydrogen) atoms. The van der Waals surface area contributed by atoms with Crippen LogP contribution in [0.5, 0.6) is 0 Å². The van der Waals surface area contributed by atoms with E-state index in [-0.39, 0.29) is 118 Å². The molecule has 0 aromatic carbocycles. The summed E-state index contributed by atoms with van der Waals surface area (Å²) in [5.41, 5.74) is 0. The summed E-state index contributed by atoms with van der Waals surface area (Å²) in [5.74, 6) is -5.77. The molecule has 1 aliphatic rings. The second-order valence-corrected chi connectivity index (χ2v) is 21.5. The average Bonchev–Trinajstić information content (AvgIpc) is 3.38. The van der Waals surface area contributed by atoms with Gasteiger partial charge in [0.2, 0.25) is 23.6 Å². The van der Waals surface area contributed by atoms with Gasteiger partial charge in [-0.05, 0) is 12.8 Å². The van der Waals surface area contributed by atoms with E-state index < -0.39 is 61.8 Å². The van der Waals surface area contributed by atoms with Gasteiger partial charge < -0.3 is 50.6 Å². The van der Waals surface area contributed by atoms with Crippen molar-refractivity contribution in [3.05, 3.63) is 0 Å². The third-order valence-corrected chi connectivity index (χ3v) is 14.6. The van der Waals surface area contributed by atoms with Crippen LogP contribution >= 0.6 is 0 Å². The second-order valence-electron chi connectivity index (χ2n) is 21.5. The summed E-state index contributed by atoms with van der Waals surface area (Å²) in [6, 6.07) is 0. The second kappa shape index (κ2) is 52.8. The van der Waals surface area contributed by atoms with Crippen molar-refractivity contribution in [2.75, 3.05) is 111 Å². The molecule has 0 saturated carbocycles. The molecule has 0 unspecified atom stereocenters. The standard InChI is InChI=1S/C58H110N8O10.Gd/c1-3-5-7-9-11-13-15-17-19-21-23-25-27-29-31-33-35-66(36-34-32-30-28-26-24-22-20-18-16-14-12-10-8-6-4-2)55(70)47-61-53(68)45-59-52(67)46-60-54(69)48-62-37-39-63(49-56(71)72)41-43-65(51-58(75)76)44-42-64(40-38-62)50-57(73)74;/h3-51H2,1-2H3,(H,59,67)(H,60,69)(H,61,68)(H,71,72)(H,73,74)(H,75,76);/q;+3/p-3. The summed E-state index contributed by atoms with van der Waals surface area (Å²) in [6.07, 6.45) is 41.0. The Kier molecular flexibility index (Phi) is 51.1. The Labute approximate surface area is 498 Å². The number of nitrogens with one attached hydrogen (secondary N) is 3. The predicted octanol–water partition coefficient (Wildman–Crippen LogP) is 4.16. The van der Waals surface area contributed by atoms with Gasteiger partial charge in [-0.1, -0.05) is 206 Å². The molecule has 0 aromatic heterocycles. The van der Waals surface area contributed by atoms with Crippen LogP contribution in [0.15, 0.2) is 0 Å². The van der Waals surface area contributed by atoms with Crippen LogP contribution in [0.4, 0.5) is 0 Å². The Bertz CT molecular complexity index is 1470. The maximum Gasteiger partial charge on any atom is 3.00 e. The summed E-state index contributed by atoms with van der Waals surface area (Å²) in [5, 5.41) is 42.0. The zero-order chi connectivity index (χ0) is 55.7. The van der Waals surface area contributed by atoms with Gasteiger partial charge in [0.05, 0.1) is 44.1 Å². The Balaban J connectivity index is 0.0000578. The molecule has 1 rings (SSSR count). The number of carboxylic acids is 3. The van der Waals surface area contributed by atoms with E-state index in [9.17, 15) is 48.9 Å². The fourth-order valence-electron chi connectivity index (χ4n) is 9.85. The van der Waals surface area contributed by atoms with Gasteiger partial charge in [-0.15, -0.1) is 0 Å². The Hall–Kier alpha value is -2.55. The molecule has 1 radical (unpaired) electrons. The van der Waals surface area contributed by atoms with E-state index >= 15 is 0 Å². The zero-order valence-corrected chi connectivity index (χ0v) is 50.6. The molecule has 0 aliphatic carbocycles. The smallest absolute Gasteiger partial charge is 0.549 e. The molecule has 1 saturated heterocycles. The number of amides is 4. The minimum Gasteiger partial charge on any atom is -0.549 e. The summed E-state index contributed by atoms with van der Waals surface area (Å²) >= 11 is 0. The first-order valence-electron chi connectivity index (χ1n) is 30.4. The van der Waals surface area contributed by atoms with E-state index in [4.69, 9.17) is 0 Å². The monoisotopic (exact) mass is 1230 g/mol. The van der Waals surface area contributed by atoms with Crippen molar-refractivity contribution in [3.8, 4) is 0 Å². The molecule has 1 aliphatic heterocycles. The molecular weight excluding hydrogens is 1130 g/mol. The van der Waals surface area contributed by atoms with Crippen LogP contribution < -0.4 is 31.3 Å². The molecule has 0 atom stereocenters. The molecule has 447 valence electrons.